The van der Waals surface area contributed by atoms with Crippen molar-refractivity contribution in [3.8, 4) is 29.2 Å². The summed E-state index contributed by atoms with van der Waals surface area (Å²) < 4.78 is 16.8. The molecule has 0 amide bonds. The Labute approximate surface area is 197 Å². The topological polar surface area (TPSA) is 147 Å². The number of rotatable bonds is 7. The first-order chi connectivity index (χ1) is 14.6. The van der Waals surface area contributed by atoms with E-state index < -0.39 is 6.10 Å². The molecule has 2 heterocycles. The number of aliphatic hydroxyl groups is 1. The normalized spacial score (nSPS) is 11.4. The van der Waals surface area contributed by atoms with Crippen molar-refractivity contribution in [3.05, 3.63) is 64.3 Å². The van der Waals surface area contributed by atoms with Gasteiger partial charge in [-0.05, 0) is 46.8 Å². The summed E-state index contributed by atoms with van der Waals surface area (Å²) in [6.07, 6.45) is -0.942. The fourth-order valence-corrected chi connectivity index (χ4v) is 2.73. The second kappa shape index (κ2) is 10.2. The molecule has 0 aliphatic carbocycles. The molecule has 2 N–H and O–H groups in total. The Balaban J connectivity index is 0.00000272. The van der Waals surface area contributed by atoms with Gasteiger partial charge in [0.1, 0.15) is 41.8 Å². The second-order valence-corrected chi connectivity index (χ2v) is 6.27. The number of tetrazole rings is 1. The Morgan fingerprint density at radius 2 is 1.94 bits per heavy atom. The second-order valence-electron chi connectivity index (χ2n) is 6.27. The van der Waals surface area contributed by atoms with Gasteiger partial charge in [0.05, 0.1) is 11.6 Å². The quantitative estimate of drug-likeness (QED) is 0.411. The summed E-state index contributed by atoms with van der Waals surface area (Å²) in [6, 6.07) is 14.7. The molecule has 0 spiro atoms. The van der Waals surface area contributed by atoms with Gasteiger partial charge in [0.25, 0.3) is 0 Å². The zero-order valence-corrected chi connectivity index (χ0v) is 15.5. The van der Waals surface area contributed by atoms with Gasteiger partial charge in [-0.1, -0.05) is 6.07 Å². The van der Waals surface area contributed by atoms with Crippen LogP contribution in [0.5, 0.6) is 11.5 Å². The van der Waals surface area contributed by atoms with Crippen LogP contribution in [0.1, 0.15) is 5.56 Å². The zero-order chi connectivity index (χ0) is 20.9. The third-order valence-corrected chi connectivity index (χ3v) is 4.15. The van der Waals surface area contributed by atoms with Crippen molar-refractivity contribution >= 4 is 40.5 Å². The number of nitrogens with zero attached hydrogens (tertiary/aromatic N) is 4. The molecule has 0 saturated carbocycles. The van der Waals surface area contributed by atoms with Crippen molar-refractivity contribution in [3.63, 3.8) is 0 Å². The minimum absolute atomic E-state index is 0. The maximum atomic E-state index is 12.6. The van der Waals surface area contributed by atoms with E-state index in [4.69, 9.17) is 19.2 Å². The van der Waals surface area contributed by atoms with E-state index in [-0.39, 0.29) is 70.9 Å². The third-order valence-electron chi connectivity index (χ3n) is 4.15. The molecule has 0 aliphatic rings. The van der Waals surface area contributed by atoms with Crippen LogP contribution in [0.2, 0.25) is 0 Å². The molecule has 0 fully saturated rings. The fraction of sp³-hybridized carbons (Fsp3) is 0.150. The predicted octanol–water partition coefficient (Wildman–Crippen LogP) is 1.01. The van der Waals surface area contributed by atoms with E-state index >= 15 is 0 Å². The predicted molar refractivity (Wildman–Crippen MR) is 111 cm³/mol. The Morgan fingerprint density at radius 1 is 1.16 bits per heavy atom. The van der Waals surface area contributed by atoms with Crippen LogP contribution in [0.3, 0.4) is 0 Å². The number of nitriles is 1. The molecular weight excluding hydrogens is 413 g/mol. The molecule has 0 bridgehead atoms. The van der Waals surface area contributed by atoms with E-state index in [0.29, 0.717) is 16.9 Å². The van der Waals surface area contributed by atoms with Crippen molar-refractivity contribution in [2.45, 2.75) is 6.10 Å². The van der Waals surface area contributed by atoms with Crippen LogP contribution >= 0.6 is 0 Å². The molecular formula is C20H16N5NaO5. The molecule has 0 radical (unpaired) electrons. The van der Waals surface area contributed by atoms with Gasteiger partial charge in [-0.25, -0.2) is 5.10 Å². The van der Waals surface area contributed by atoms with Crippen LogP contribution in [-0.4, -0.2) is 74.6 Å². The average Bonchev–Trinajstić information content (AvgIpc) is 3.31. The monoisotopic (exact) mass is 429 g/mol. The number of ether oxygens (including phenoxy) is 2. The standard InChI is InChI=1S/C20H15N5O5.Na.H/c21-9-12-4-6-14(7-5-12)28-10-13(26)11-29-16-2-1-3-17-19(16)15(27)8-18(30-17)20-22-24-25-23-20;;/h1-8,13,26H,10-11H2,(H,22,23,24,25);;. The van der Waals surface area contributed by atoms with E-state index in [1.54, 1.807) is 42.5 Å². The van der Waals surface area contributed by atoms with E-state index in [1.807, 2.05) is 6.07 Å². The van der Waals surface area contributed by atoms with E-state index in [0.717, 1.165) is 0 Å². The average molecular weight is 429 g/mol. The van der Waals surface area contributed by atoms with Gasteiger partial charge in [0.2, 0.25) is 5.82 Å². The number of fused-ring (bicyclic) bond motifs is 1. The Bertz CT molecular complexity index is 1250. The van der Waals surface area contributed by atoms with Crippen LogP contribution in [0.15, 0.2) is 57.7 Å². The fourth-order valence-electron chi connectivity index (χ4n) is 2.73. The van der Waals surface area contributed by atoms with Gasteiger partial charge < -0.3 is 19.0 Å². The van der Waals surface area contributed by atoms with Gasteiger partial charge in [0.15, 0.2) is 11.2 Å². The molecule has 1 atom stereocenters. The Kier molecular flexibility index (Phi) is 7.38. The summed E-state index contributed by atoms with van der Waals surface area (Å²) in [6.45, 7) is -0.115. The maximum absolute atomic E-state index is 12.6. The van der Waals surface area contributed by atoms with Gasteiger partial charge >= 0.3 is 29.6 Å². The molecule has 4 aromatic rings. The summed E-state index contributed by atoms with van der Waals surface area (Å²) in [5, 5.41) is 32.4. The summed E-state index contributed by atoms with van der Waals surface area (Å²) in [5.41, 5.74) is 0.486. The van der Waals surface area contributed by atoms with E-state index in [1.165, 1.54) is 6.07 Å². The summed E-state index contributed by atoms with van der Waals surface area (Å²) in [4.78, 5) is 12.6. The van der Waals surface area contributed by atoms with Gasteiger partial charge in [-0.15, -0.1) is 5.10 Å². The SMILES string of the molecule is N#Cc1ccc(OCC(O)COc2cccc3oc(-c4nnn[nH]4)cc(=O)c23)cc1.[NaH]. The molecule has 11 heteroatoms. The summed E-state index contributed by atoms with van der Waals surface area (Å²) in [5.74, 6) is 1.23. The molecule has 1 unspecified atom stereocenters. The molecule has 4 rings (SSSR count). The molecule has 152 valence electrons. The Hall–Kier alpha value is -3.23. The number of aromatic nitrogens is 4. The van der Waals surface area contributed by atoms with Crippen LogP contribution in [-0.2, 0) is 0 Å². The molecule has 0 saturated heterocycles. The number of hydrogen-bond acceptors (Lipinski definition) is 9. The summed E-state index contributed by atoms with van der Waals surface area (Å²) >= 11 is 0. The number of aliphatic hydroxyl groups excluding tert-OH is 1. The number of nitrogens with one attached hydrogen (secondary N) is 1. The molecule has 2 aromatic carbocycles. The van der Waals surface area contributed by atoms with Gasteiger partial charge in [-0.3, -0.25) is 4.79 Å². The number of hydrogen-bond donors (Lipinski definition) is 2. The molecule has 10 nitrogen and oxygen atoms in total. The van der Waals surface area contributed by atoms with E-state index in [2.05, 4.69) is 20.6 Å². The zero-order valence-electron chi connectivity index (χ0n) is 15.5. The van der Waals surface area contributed by atoms with Gasteiger partial charge in [-0.2, -0.15) is 5.26 Å². The minimum atomic E-state index is -0.942. The first kappa shape index (κ1) is 22.5. The number of benzene rings is 2. The van der Waals surface area contributed by atoms with Crippen molar-refractivity contribution in [1.29, 1.82) is 5.26 Å². The van der Waals surface area contributed by atoms with Crippen molar-refractivity contribution in [2.75, 3.05) is 13.2 Å². The van der Waals surface area contributed by atoms with Crippen LogP contribution in [0.4, 0.5) is 0 Å². The number of aromatic amines is 1. The first-order valence-corrected chi connectivity index (χ1v) is 8.89. The first-order valence-electron chi connectivity index (χ1n) is 8.89. The third kappa shape index (κ3) is 5.28. The van der Waals surface area contributed by atoms with Crippen LogP contribution < -0.4 is 14.9 Å². The van der Waals surface area contributed by atoms with Gasteiger partial charge in [0, 0.05) is 6.07 Å². The van der Waals surface area contributed by atoms with Crippen molar-refractivity contribution in [1.82, 2.24) is 20.6 Å². The molecule has 2 aromatic heterocycles. The van der Waals surface area contributed by atoms with Crippen LogP contribution in [0, 0.1) is 11.3 Å². The van der Waals surface area contributed by atoms with Crippen molar-refractivity contribution in [2.24, 2.45) is 0 Å². The molecule has 31 heavy (non-hydrogen) atoms. The van der Waals surface area contributed by atoms with Crippen molar-refractivity contribution < 1.29 is 19.0 Å². The molecule has 0 aliphatic heterocycles. The Morgan fingerprint density at radius 3 is 2.65 bits per heavy atom. The summed E-state index contributed by atoms with van der Waals surface area (Å²) in [7, 11) is 0. The number of H-pyrrole nitrogens is 1. The van der Waals surface area contributed by atoms with E-state index in [9.17, 15) is 9.90 Å². The van der Waals surface area contributed by atoms with Crippen LogP contribution in [0.25, 0.3) is 22.6 Å².